The molecule has 158 valence electrons. The van der Waals surface area contributed by atoms with E-state index in [0.29, 0.717) is 23.3 Å². The summed E-state index contributed by atoms with van der Waals surface area (Å²) in [5, 5.41) is 12.7. The molecule has 0 aliphatic heterocycles. The monoisotopic (exact) mass is 403 g/mol. The Hall–Kier alpha value is -2.83. The van der Waals surface area contributed by atoms with E-state index >= 15 is 0 Å². The standard InChI is InChI=1S/C22H29NO6/c1-6-8-15-11-18(24)29-20-13(4)17(10-9-16(15)20)28-14(5)21(25)23-19(22(26)27)12(3)7-2/h9-12,14,19H,6-8H2,1-5H3,(H,23,25)(H,26,27)/t12-,14+,19+/m0/s1. The number of benzene rings is 1. The van der Waals surface area contributed by atoms with Gasteiger partial charge in [-0.25, -0.2) is 9.59 Å². The summed E-state index contributed by atoms with van der Waals surface area (Å²) in [6, 6.07) is 4.08. The van der Waals surface area contributed by atoms with Crippen LogP contribution in [0.15, 0.2) is 27.4 Å². The lowest BCUT2D eigenvalue weighted by Gasteiger charge is -2.23. The van der Waals surface area contributed by atoms with Crippen LogP contribution in [0.5, 0.6) is 5.75 Å². The summed E-state index contributed by atoms with van der Waals surface area (Å²) >= 11 is 0. The number of amides is 1. The molecule has 0 fully saturated rings. The third-order valence-electron chi connectivity index (χ3n) is 5.17. The maximum Gasteiger partial charge on any atom is 0.336 e. The number of rotatable bonds is 9. The molecule has 2 rings (SSSR count). The minimum Gasteiger partial charge on any atom is -0.480 e. The van der Waals surface area contributed by atoms with Crippen molar-refractivity contribution in [2.75, 3.05) is 0 Å². The fourth-order valence-electron chi connectivity index (χ4n) is 3.21. The fraction of sp³-hybridized carbons (Fsp3) is 0.500. The second kappa shape index (κ2) is 9.58. The fourth-order valence-corrected chi connectivity index (χ4v) is 3.21. The van der Waals surface area contributed by atoms with Crippen LogP contribution in [0.2, 0.25) is 0 Å². The van der Waals surface area contributed by atoms with Crippen molar-refractivity contribution in [1.29, 1.82) is 0 Å². The minimum absolute atomic E-state index is 0.211. The summed E-state index contributed by atoms with van der Waals surface area (Å²) in [5.41, 5.74) is 1.55. The third kappa shape index (κ3) is 5.16. The van der Waals surface area contributed by atoms with Gasteiger partial charge in [-0.1, -0.05) is 33.6 Å². The first-order valence-corrected chi connectivity index (χ1v) is 9.95. The van der Waals surface area contributed by atoms with Crippen molar-refractivity contribution in [1.82, 2.24) is 5.32 Å². The lowest BCUT2D eigenvalue weighted by Crippen LogP contribution is -2.49. The predicted molar refractivity (Wildman–Crippen MR) is 110 cm³/mol. The van der Waals surface area contributed by atoms with Gasteiger partial charge in [-0.3, -0.25) is 4.79 Å². The second-order valence-corrected chi connectivity index (χ2v) is 7.38. The number of hydrogen-bond donors (Lipinski definition) is 2. The molecule has 3 atom stereocenters. The van der Waals surface area contributed by atoms with E-state index in [4.69, 9.17) is 9.15 Å². The molecule has 0 aliphatic rings. The zero-order valence-electron chi connectivity index (χ0n) is 17.6. The topological polar surface area (TPSA) is 106 Å². The van der Waals surface area contributed by atoms with Gasteiger partial charge in [-0.15, -0.1) is 0 Å². The van der Waals surface area contributed by atoms with Gasteiger partial charge in [-0.2, -0.15) is 0 Å². The van der Waals surface area contributed by atoms with E-state index in [9.17, 15) is 19.5 Å². The number of carbonyl (C=O) groups excluding carboxylic acids is 1. The van der Waals surface area contributed by atoms with Crippen LogP contribution in [0.25, 0.3) is 11.0 Å². The average Bonchev–Trinajstić information content (AvgIpc) is 2.67. The van der Waals surface area contributed by atoms with E-state index < -0.39 is 29.6 Å². The number of carboxylic acids is 1. The van der Waals surface area contributed by atoms with Gasteiger partial charge in [0.2, 0.25) is 0 Å². The Kier molecular flexibility index (Phi) is 7.42. The Morgan fingerprint density at radius 3 is 2.52 bits per heavy atom. The van der Waals surface area contributed by atoms with Gasteiger partial charge in [-0.05, 0) is 43.9 Å². The molecule has 29 heavy (non-hydrogen) atoms. The summed E-state index contributed by atoms with van der Waals surface area (Å²) in [5.74, 6) is -1.39. The van der Waals surface area contributed by atoms with E-state index in [0.717, 1.165) is 23.8 Å². The van der Waals surface area contributed by atoms with Crippen LogP contribution in [0.3, 0.4) is 0 Å². The van der Waals surface area contributed by atoms with Gasteiger partial charge in [0.1, 0.15) is 17.4 Å². The van der Waals surface area contributed by atoms with E-state index in [1.807, 2.05) is 19.9 Å². The Morgan fingerprint density at radius 2 is 1.93 bits per heavy atom. The van der Waals surface area contributed by atoms with Crippen LogP contribution in [0.4, 0.5) is 0 Å². The van der Waals surface area contributed by atoms with Gasteiger partial charge in [0.15, 0.2) is 6.10 Å². The third-order valence-corrected chi connectivity index (χ3v) is 5.17. The van der Waals surface area contributed by atoms with Gasteiger partial charge in [0.25, 0.3) is 5.91 Å². The average molecular weight is 403 g/mol. The number of aliphatic carboxylic acids is 1. The number of hydrogen-bond acceptors (Lipinski definition) is 5. The van der Waals surface area contributed by atoms with Crippen molar-refractivity contribution in [3.05, 3.63) is 39.7 Å². The van der Waals surface area contributed by atoms with Crippen LogP contribution in [-0.2, 0) is 16.0 Å². The number of carboxylic acid groups (broad SMARTS) is 1. The van der Waals surface area contributed by atoms with Crippen molar-refractivity contribution in [3.8, 4) is 5.75 Å². The van der Waals surface area contributed by atoms with Crippen molar-refractivity contribution in [2.45, 2.75) is 66.0 Å². The maximum absolute atomic E-state index is 12.5. The zero-order chi connectivity index (χ0) is 21.7. The highest BCUT2D eigenvalue weighted by atomic mass is 16.5. The van der Waals surface area contributed by atoms with Crippen LogP contribution in [0.1, 0.15) is 51.7 Å². The van der Waals surface area contributed by atoms with Crippen LogP contribution in [-0.4, -0.2) is 29.1 Å². The lowest BCUT2D eigenvalue weighted by atomic mass is 9.99. The molecule has 2 aromatic rings. The first kappa shape index (κ1) is 22.5. The molecular formula is C22H29NO6. The highest BCUT2D eigenvalue weighted by molar-refractivity contribution is 5.87. The first-order valence-electron chi connectivity index (χ1n) is 9.95. The van der Waals surface area contributed by atoms with Gasteiger partial charge < -0.3 is 19.6 Å². The van der Waals surface area contributed by atoms with Gasteiger partial charge in [0.05, 0.1) is 0 Å². The summed E-state index contributed by atoms with van der Waals surface area (Å²) in [6.07, 6.45) is 1.36. The summed E-state index contributed by atoms with van der Waals surface area (Å²) in [4.78, 5) is 35.8. The summed E-state index contributed by atoms with van der Waals surface area (Å²) in [6.45, 7) is 8.99. The SMILES string of the molecule is CCCc1cc(=O)oc2c(C)c(O[C@H](C)C(=O)N[C@@H](C(=O)O)[C@@H](C)CC)ccc12. The quantitative estimate of drug-likeness (QED) is 0.621. The van der Waals surface area contributed by atoms with Gasteiger partial charge in [0, 0.05) is 17.0 Å². The molecule has 1 amide bonds. The highest BCUT2D eigenvalue weighted by Crippen LogP contribution is 2.29. The Labute approximate surface area is 170 Å². The lowest BCUT2D eigenvalue weighted by molar-refractivity contribution is -0.144. The van der Waals surface area contributed by atoms with Crippen molar-refractivity contribution in [3.63, 3.8) is 0 Å². The van der Waals surface area contributed by atoms with Crippen molar-refractivity contribution >= 4 is 22.8 Å². The summed E-state index contributed by atoms with van der Waals surface area (Å²) in [7, 11) is 0. The van der Waals surface area contributed by atoms with E-state index in [2.05, 4.69) is 5.32 Å². The number of ether oxygens (including phenoxy) is 1. The normalized spacial score (nSPS) is 14.2. The van der Waals surface area contributed by atoms with Crippen molar-refractivity contribution < 1.29 is 23.8 Å². The Bertz CT molecular complexity index is 948. The Morgan fingerprint density at radius 1 is 1.24 bits per heavy atom. The smallest absolute Gasteiger partial charge is 0.336 e. The molecule has 1 aromatic carbocycles. The molecule has 0 unspecified atom stereocenters. The molecule has 2 N–H and O–H groups in total. The number of fused-ring (bicyclic) bond motifs is 1. The van der Waals surface area contributed by atoms with Crippen LogP contribution in [0, 0.1) is 12.8 Å². The van der Waals surface area contributed by atoms with Gasteiger partial charge >= 0.3 is 11.6 Å². The zero-order valence-corrected chi connectivity index (χ0v) is 17.6. The highest BCUT2D eigenvalue weighted by Gasteiger charge is 2.28. The first-order chi connectivity index (χ1) is 13.7. The summed E-state index contributed by atoms with van der Waals surface area (Å²) < 4.78 is 11.2. The molecule has 0 bridgehead atoms. The second-order valence-electron chi connectivity index (χ2n) is 7.38. The van der Waals surface area contributed by atoms with Crippen molar-refractivity contribution in [2.24, 2.45) is 5.92 Å². The molecule has 1 heterocycles. The number of nitrogens with one attached hydrogen (secondary N) is 1. The largest absolute Gasteiger partial charge is 0.480 e. The molecule has 0 spiro atoms. The molecule has 0 saturated carbocycles. The molecule has 0 aliphatic carbocycles. The minimum atomic E-state index is -1.08. The molecule has 7 heteroatoms. The van der Waals surface area contributed by atoms with E-state index in [1.165, 1.54) is 6.07 Å². The molecule has 1 aromatic heterocycles. The van der Waals surface area contributed by atoms with Crippen LogP contribution < -0.4 is 15.7 Å². The number of carbonyl (C=O) groups is 2. The number of aryl methyl sites for hydroxylation is 2. The van der Waals surface area contributed by atoms with Crippen LogP contribution >= 0.6 is 0 Å². The van der Waals surface area contributed by atoms with E-state index in [-0.39, 0.29) is 5.92 Å². The Balaban J connectivity index is 2.27. The predicted octanol–water partition coefficient (Wildman–Crippen LogP) is 3.44. The molecular weight excluding hydrogens is 374 g/mol. The molecule has 0 radical (unpaired) electrons. The maximum atomic E-state index is 12.5. The van der Waals surface area contributed by atoms with E-state index in [1.54, 1.807) is 26.8 Å². The molecule has 0 saturated heterocycles. The molecule has 7 nitrogen and oxygen atoms in total.